The molecule has 0 aromatic rings. The molecule has 0 saturated carbocycles. The number of carbonyl (C=O) groups is 1. The molecule has 0 fully saturated rings. The fourth-order valence-corrected chi connectivity index (χ4v) is 1.60. The fraction of sp³-hybridized carbons (Fsp3) is 0.400. The first-order valence-corrected chi connectivity index (χ1v) is 4.53. The van der Waals surface area contributed by atoms with Crippen LogP contribution in [-0.4, -0.2) is 37.4 Å². The number of ether oxygens (including phenoxy) is 1. The molecular formula is C10H12N2O2. The van der Waals surface area contributed by atoms with Gasteiger partial charge in [0.15, 0.2) is 0 Å². The van der Waals surface area contributed by atoms with Crippen molar-refractivity contribution >= 4 is 12.3 Å². The number of allylic oxidation sites excluding steroid dienone is 2. The fourth-order valence-electron chi connectivity index (χ4n) is 1.60. The summed E-state index contributed by atoms with van der Waals surface area (Å²) in [6, 6.07) is 0. The predicted molar refractivity (Wildman–Crippen MR) is 53.3 cm³/mol. The van der Waals surface area contributed by atoms with E-state index in [0.717, 1.165) is 6.42 Å². The number of methoxy groups -OCH3 is 1. The number of rotatable bonds is 0. The second kappa shape index (κ2) is 3.65. The van der Waals surface area contributed by atoms with Gasteiger partial charge in [-0.1, -0.05) is 0 Å². The molecule has 2 aliphatic rings. The Kier molecular flexibility index (Phi) is 2.35. The largest absolute Gasteiger partial charge is 0.452 e. The van der Waals surface area contributed by atoms with Gasteiger partial charge in [-0.15, -0.1) is 0 Å². The molecule has 0 aromatic carbocycles. The Balaban J connectivity index is 2.10. The molecule has 0 atom stereocenters. The minimum atomic E-state index is -0.317. The molecule has 0 N–H and O–H groups in total. The highest BCUT2D eigenvalue weighted by molar-refractivity contribution is 5.71. The van der Waals surface area contributed by atoms with E-state index in [0.29, 0.717) is 13.1 Å². The van der Waals surface area contributed by atoms with E-state index in [4.69, 9.17) is 0 Å². The van der Waals surface area contributed by atoms with Crippen LogP contribution in [0.3, 0.4) is 0 Å². The zero-order chi connectivity index (χ0) is 9.97. The Morgan fingerprint density at radius 3 is 3.29 bits per heavy atom. The molecule has 0 unspecified atom stereocenters. The number of carbonyl (C=O) groups excluding carboxylic acids is 1. The van der Waals surface area contributed by atoms with Crippen molar-refractivity contribution in [1.29, 1.82) is 0 Å². The summed E-state index contributed by atoms with van der Waals surface area (Å²) in [6.07, 6.45) is 6.20. The molecule has 2 aliphatic heterocycles. The third kappa shape index (κ3) is 1.55. The minimum Gasteiger partial charge on any atom is -0.452 e. The van der Waals surface area contributed by atoms with Crippen LogP contribution in [-0.2, 0) is 4.74 Å². The van der Waals surface area contributed by atoms with E-state index in [1.807, 2.05) is 12.3 Å². The van der Waals surface area contributed by atoms with Crippen molar-refractivity contribution < 1.29 is 9.53 Å². The predicted octanol–water partition coefficient (Wildman–Crippen LogP) is 1.35. The minimum absolute atomic E-state index is 0.317. The van der Waals surface area contributed by atoms with Gasteiger partial charge in [-0.05, 0) is 17.2 Å². The Morgan fingerprint density at radius 1 is 1.64 bits per heavy atom. The van der Waals surface area contributed by atoms with E-state index in [1.165, 1.54) is 18.3 Å². The quantitative estimate of drug-likeness (QED) is 0.581. The molecule has 1 amide bonds. The van der Waals surface area contributed by atoms with E-state index in [1.54, 1.807) is 11.1 Å². The molecule has 4 heteroatoms. The third-order valence-corrected chi connectivity index (χ3v) is 2.40. The number of dihydropyridines is 1. The van der Waals surface area contributed by atoms with E-state index in [2.05, 4.69) is 9.73 Å². The Bertz CT molecular complexity index is 342. The summed E-state index contributed by atoms with van der Waals surface area (Å²) < 4.78 is 4.64. The summed E-state index contributed by atoms with van der Waals surface area (Å²) >= 11 is 0. The number of amides is 1. The Labute approximate surface area is 82.6 Å². The van der Waals surface area contributed by atoms with Gasteiger partial charge in [-0.25, -0.2) is 4.79 Å². The Hall–Kier alpha value is -1.58. The van der Waals surface area contributed by atoms with Crippen LogP contribution in [0.15, 0.2) is 28.4 Å². The van der Waals surface area contributed by atoms with Gasteiger partial charge in [0.1, 0.15) is 0 Å². The summed E-state index contributed by atoms with van der Waals surface area (Å²) in [7, 11) is 1.39. The molecule has 0 aliphatic carbocycles. The molecule has 0 saturated heterocycles. The first-order valence-electron chi connectivity index (χ1n) is 4.53. The number of aliphatic imine (C=N–C) groups is 1. The van der Waals surface area contributed by atoms with Crippen LogP contribution >= 0.6 is 0 Å². The summed E-state index contributed by atoms with van der Waals surface area (Å²) in [5, 5.41) is 0. The molecule has 0 radical (unpaired) electrons. The topological polar surface area (TPSA) is 41.9 Å². The standard InChI is InChI=1S/C10H12N2O2/c1-14-10(13)12-5-3-8-2-4-11-6-9(8)7-12/h3-5H,2,6-7H2,1H3. The lowest BCUT2D eigenvalue weighted by Crippen LogP contribution is -2.31. The van der Waals surface area contributed by atoms with Gasteiger partial charge in [-0.2, -0.15) is 0 Å². The maximum atomic E-state index is 11.2. The number of hydrogen-bond acceptors (Lipinski definition) is 3. The zero-order valence-corrected chi connectivity index (χ0v) is 8.06. The van der Waals surface area contributed by atoms with Crippen LogP contribution in [0.2, 0.25) is 0 Å². The SMILES string of the molecule is COC(=O)N1C=CC2=C(CN=CC2)C1. The van der Waals surface area contributed by atoms with E-state index in [9.17, 15) is 4.79 Å². The first kappa shape index (κ1) is 8.99. The Morgan fingerprint density at radius 2 is 2.50 bits per heavy atom. The monoisotopic (exact) mass is 192 g/mol. The summed E-state index contributed by atoms with van der Waals surface area (Å²) in [5.41, 5.74) is 2.49. The third-order valence-electron chi connectivity index (χ3n) is 2.40. The van der Waals surface area contributed by atoms with Crippen LogP contribution in [0, 0.1) is 0 Å². The van der Waals surface area contributed by atoms with Crippen LogP contribution in [0.5, 0.6) is 0 Å². The van der Waals surface area contributed by atoms with Gasteiger partial charge in [0.2, 0.25) is 0 Å². The van der Waals surface area contributed by atoms with Gasteiger partial charge in [0.25, 0.3) is 0 Å². The van der Waals surface area contributed by atoms with Crippen molar-refractivity contribution in [2.75, 3.05) is 20.2 Å². The summed E-state index contributed by atoms with van der Waals surface area (Å²) in [6.45, 7) is 1.31. The highest BCUT2D eigenvalue weighted by atomic mass is 16.5. The van der Waals surface area contributed by atoms with Crippen molar-refractivity contribution in [3.8, 4) is 0 Å². The van der Waals surface area contributed by atoms with Gasteiger partial charge in [0.05, 0.1) is 20.2 Å². The van der Waals surface area contributed by atoms with E-state index >= 15 is 0 Å². The summed E-state index contributed by atoms with van der Waals surface area (Å²) in [5.74, 6) is 0. The first-order chi connectivity index (χ1) is 6.81. The highest BCUT2D eigenvalue weighted by Gasteiger charge is 2.19. The van der Waals surface area contributed by atoms with Crippen LogP contribution < -0.4 is 0 Å². The molecule has 0 aromatic heterocycles. The van der Waals surface area contributed by atoms with Crippen molar-refractivity contribution in [3.05, 3.63) is 23.4 Å². The molecule has 2 heterocycles. The molecule has 0 bridgehead atoms. The average molecular weight is 192 g/mol. The average Bonchev–Trinajstić information content (AvgIpc) is 2.27. The zero-order valence-electron chi connectivity index (χ0n) is 8.06. The lowest BCUT2D eigenvalue weighted by Gasteiger charge is -2.25. The maximum absolute atomic E-state index is 11.2. The van der Waals surface area contributed by atoms with E-state index < -0.39 is 0 Å². The van der Waals surface area contributed by atoms with Gasteiger partial charge in [0, 0.05) is 18.8 Å². The lowest BCUT2D eigenvalue weighted by atomic mass is 10.0. The highest BCUT2D eigenvalue weighted by Crippen LogP contribution is 2.20. The molecule has 74 valence electrons. The molecular weight excluding hydrogens is 180 g/mol. The second-order valence-corrected chi connectivity index (χ2v) is 3.27. The molecule has 2 rings (SSSR count). The van der Waals surface area contributed by atoms with Gasteiger partial charge in [-0.3, -0.25) is 9.89 Å². The maximum Gasteiger partial charge on any atom is 0.413 e. The van der Waals surface area contributed by atoms with Crippen molar-refractivity contribution in [2.45, 2.75) is 6.42 Å². The molecule has 14 heavy (non-hydrogen) atoms. The molecule has 4 nitrogen and oxygen atoms in total. The van der Waals surface area contributed by atoms with Crippen molar-refractivity contribution in [1.82, 2.24) is 4.90 Å². The number of hydrogen-bond donors (Lipinski definition) is 0. The van der Waals surface area contributed by atoms with Crippen LogP contribution in [0.1, 0.15) is 6.42 Å². The second-order valence-electron chi connectivity index (χ2n) is 3.27. The van der Waals surface area contributed by atoms with E-state index in [-0.39, 0.29) is 6.09 Å². The smallest absolute Gasteiger partial charge is 0.413 e. The van der Waals surface area contributed by atoms with Gasteiger partial charge < -0.3 is 4.74 Å². The van der Waals surface area contributed by atoms with Gasteiger partial charge >= 0.3 is 6.09 Å². The van der Waals surface area contributed by atoms with Crippen LogP contribution in [0.4, 0.5) is 4.79 Å². The normalized spacial score (nSPS) is 19.6. The van der Waals surface area contributed by atoms with Crippen molar-refractivity contribution in [3.63, 3.8) is 0 Å². The molecule has 0 spiro atoms. The summed E-state index contributed by atoms with van der Waals surface area (Å²) in [4.78, 5) is 17.0. The van der Waals surface area contributed by atoms with Crippen LogP contribution in [0.25, 0.3) is 0 Å². The number of nitrogens with zero attached hydrogens (tertiary/aromatic N) is 2. The lowest BCUT2D eigenvalue weighted by molar-refractivity contribution is 0.142. The van der Waals surface area contributed by atoms with Crippen molar-refractivity contribution in [2.24, 2.45) is 4.99 Å².